The van der Waals surface area contributed by atoms with Crippen molar-refractivity contribution in [1.82, 2.24) is 10.3 Å². The van der Waals surface area contributed by atoms with Crippen molar-refractivity contribution in [3.8, 4) is 5.75 Å². The van der Waals surface area contributed by atoms with Gasteiger partial charge in [-0.1, -0.05) is 19.1 Å². The number of thiazole rings is 1. The Kier molecular flexibility index (Phi) is 6.02. The van der Waals surface area contributed by atoms with E-state index in [0.717, 1.165) is 36.9 Å². The molecule has 0 bridgehead atoms. The lowest BCUT2D eigenvalue weighted by atomic mass is 10.2. The molecule has 0 atom stereocenters. The van der Waals surface area contributed by atoms with Gasteiger partial charge in [-0.15, -0.1) is 11.3 Å². The molecule has 1 aromatic heterocycles. The van der Waals surface area contributed by atoms with Crippen molar-refractivity contribution in [2.45, 2.75) is 26.4 Å². The van der Waals surface area contributed by atoms with Crippen LogP contribution in [0.5, 0.6) is 5.75 Å². The van der Waals surface area contributed by atoms with Crippen molar-refractivity contribution in [2.24, 2.45) is 0 Å². The van der Waals surface area contributed by atoms with Crippen LogP contribution in [0.3, 0.4) is 0 Å². The summed E-state index contributed by atoms with van der Waals surface area (Å²) in [6.45, 7) is 4.98. The van der Waals surface area contributed by atoms with Crippen molar-refractivity contribution < 1.29 is 4.74 Å². The molecule has 1 aromatic carbocycles. The lowest BCUT2D eigenvalue weighted by Gasteiger charge is -2.15. The van der Waals surface area contributed by atoms with Crippen LogP contribution in [0.1, 0.15) is 23.8 Å². The first kappa shape index (κ1) is 15.8. The average molecular weight is 305 g/mol. The van der Waals surface area contributed by atoms with Gasteiger partial charge >= 0.3 is 0 Å². The largest absolute Gasteiger partial charge is 0.497 e. The first-order chi connectivity index (χ1) is 10.2. The number of hydrogen-bond donors (Lipinski definition) is 1. The summed E-state index contributed by atoms with van der Waals surface area (Å²) in [7, 11) is 3.76. The molecule has 5 heteroatoms. The van der Waals surface area contributed by atoms with Crippen LogP contribution in [-0.4, -0.2) is 25.7 Å². The van der Waals surface area contributed by atoms with Crippen molar-refractivity contribution in [3.05, 3.63) is 40.9 Å². The van der Waals surface area contributed by atoms with Crippen molar-refractivity contribution in [1.29, 1.82) is 0 Å². The smallest absolute Gasteiger partial charge is 0.185 e. The Morgan fingerprint density at radius 1 is 1.29 bits per heavy atom. The minimum Gasteiger partial charge on any atom is -0.497 e. The fraction of sp³-hybridized carbons (Fsp3) is 0.438. The molecule has 0 saturated heterocycles. The molecule has 0 amide bonds. The van der Waals surface area contributed by atoms with Gasteiger partial charge in [-0.3, -0.25) is 0 Å². The zero-order valence-electron chi connectivity index (χ0n) is 12.9. The zero-order chi connectivity index (χ0) is 15.1. The maximum absolute atomic E-state index is 5.18. The fourth-order valence-corrected chi connectivity index (χ4v) is 2.86. The summed E-state index contributed by atoms with van der Waals surface area (Å²) < 4.78 is 5.18. The number of anilines is 1. The first-order valence-electron chi connectivity index (χ1n) is 7.22. The third-order valence-corrected chi connectivity index (χ3v) is 4.28. The predicted molar refractivity (Wildman–Crippen MR) is 89.2 cm³/mol. The molecular formula is C16H23N3OS. The van der Waals surface area contributed by atoms with Gasteiger partial charge in [0.1, 0.15) is 5.75 Å². The Hall–Kier alpha value is -1.59. The van der Waals surface area contributed by atoms with Gasteiger partial charge in [0.25, 0.3) is 0 Å². The lowest BCUT2D eigenvalue weighted by molar-refractivity contribution is 0.414. The summed E-state index contributed by atoms with van der Waals surface area (Å²) in [5.74, 6) is 0.889. The average Bonchev–Trinajstić information content (AvgIpc) is 2.97. The molecule has 0 spiro atoms. The predicted octanol–water partition coefficient (Wildman–Crippen LogP) is 3.29. The molecule has 0 unspecified atom stereocenters. The Morgan fingerprint density at radius 3 is 2.71 bits per heavy atom. The summed E-state index contributed by atoms with van der Waals surface area (Å²) in [5, 5.41) is 4.46. The van der Waals surface area contributed by atoms with E-state index in [1.54, 1.807) is 18.4 Å². The first-order valence-corrected chi connectivity index (χ1v) is 8.04. The molecule has 1 heterocycles. The minimum absolute atomic E-state index is 0.847. The van der Waals surface area contributed by atoms with Crippen molar-refractivity contribution >= 4 is 16.5 Å². The van der Waals surface area contributed by atoms with Gasteiger partial charge in [0.15, 0.2) is 5.13 Å². The van der Waals surface area contributed by atoms with Gasteiger partial charge in [0.2, 0.25) is 0 Å². The van der Waals surface area contributed by atoms with E-state index in [4.69, 9.17) is 4.74 Å². The Bertz CT molecular complexity index is 539. The number of rotatable bonds is 8. The summed E-state index contributed by atoms with van der Waals surface area (Å²) in [6.07, 6.45) is 3.12. The van der Waals surface area contributed by atoms with Gasteiger partial charge in [0, 0.05) is 31.2 Å². The summed E-state index contributed by atoms with van der Waals surface area (Å²) >= 11 is 1.75. The van der Waals surface area contributed by atoms with E-state index in [-0.39, 0.29) is 0 Å². The minimum atomic E-state index is 0.847. The van der Waals surface area contributed by atoms with Crippen molar-refractivity contribution in [2.75, 3.05) is 25.6 Å². The van der Waals surface area contributed by atoms with Crippen LogP contribution in [0, 0.1) is 0 Å². The molecule has 0 radical (unpaired) electrons. The second-order valence-corrected chi connectivity index (χ2v) is 6.08. The van der Waals surface area contributed by atoms with E-state index < -0.39 is 0 Å². The van der Waals surface area contributed by atoms with E-state index in [0.29, 0.717) is 0 Å². The highest BCUT2D eigenvalue weighted by Gasteiger charge is 2.07. The normalized spacial score (nSPS) is 10.6. The highest BCUT2D eigenvalue weighted by atomic mass is 32.1. The summed E-state index contributed by atoms with van der Waals surface area (Å²) in [6, 6.07) is 8.16. The van der Waals surface area contributed by atoms with E-state index in [9.17, 15) is 0 Å². The second-order valence-electron chi connectivity index (χ2n) is 4.99. The topological polar surface area (TPSA) is 37.4 Å². The number of hydrogen-bond acceptors (Lipinski definition) is 5. The molecule has 114 valence electrons. The van der Waals surface area contributed by atoms with Gasteiger partial charge < -0.3 is 15.0 Å². The van der Waals surface area contributed by atoms with Crippen LogP contribution in [0.2, 0.25) is 0 Å². The fourth-order valence-electron chi connectivity index (χ4n) is 2.02. The third kappa shape index (κ3) is 4.72. The standard InChI is InChI=1S/C16H23N3OS/c1-4-9-17-10-15-11-18-16(21-15)19(2)12-13-5-7-14(20-3)8-6-13/h5-8,11,17H,4,9-10,12H2,1-3H3. The quantitative estimate of drug-likeness (QED) is 0.759. The van der Waals surface area contributed by atoms with Gasteiger partial charge in [-0.25, -0.2) is 4.98 Å². The number of nitrogens with one attached hydrogen (secondary N) is 1. The molecule has 1 N–H and O–H groups in total. The summed E-state index contributed by atoms with van der Waals surface area (Å²) in [4.78, 5) is 7.96. The van der Waals surface area contributed by atoms with Gasteiger partial charge in [0.05, 0.1) is 7.11 Å². The van der Waals surface area contributed by atoms with Gasteiger partial charge in [-0.2, -0.15) is 0 Å². The van der Waals surface area contributed by atoms with Gasteiger partial charge in [-0.05, 0) is 30.7 Å². The zero-order valence-corrected chi connectivity index (χ0v) is 13.7. The summed E-state index contributed by atoms with van der Waals surface area (Å²) in [5.41, 5.74) is 1.25. The molecule has 0 saturated carbocycles. The van der Waals surface area contributed by atoms with E-state index in [1.807, 2.05) is 18.3 Å². The third-order valence-electron chi connectivity index (χ3n) is 3.17. The van der Waals surface area contributed by atoms with Crippen LogP contribution in [0.4, 0.5) is 5.13 Å². The van der Waals surface area contributed by atoms with Crippen LogP contribution in [0.15, 0.2) is 30.5 Å². The number of benzene rings is 1. The number of ether oxygens (including phenoxy) is 1. The van der Waals surface area contributed by atoms with Crippen molar-refractivity contribution in [3.63, 3.8) is 0 Å². The highest BCUT2D eigenvalue weighted by Crippen LogP contribution is 2.23. The molecule has 0 aliphatic heterocycles. The molecule has 2 rings (SSSR count). The molecular weight excluding hydrogens is 282 g/mol. The van der Waals surface area contributed by atoms with Crippen LogP contribution >= 0.6 is 11.3 Å². The second kappa shape index (κ2) is 8.00. The Labute approximate surface area is 130 Å². The Balaban J connectivity index is 1.91. The Morgan fingerprint density at radius 2 is 2.05 bits per heavy atom. The number of aromatic nitrogens is 1. The lowest BCUT2D eigenvalue weighted by Crippen LogP contribution is -2.15. The molecule has 2 aromatic rings. The van der Waals surface area contributed by atoms with E-state index in [1.165, 1.54) is 10.4 Å². The number of nitrogens with zero attached hydrogens (tertiary/aromatic N) is 2. The highest BCUT2D eigenvalue weighted by molar-refractivity contribution is 7.15. The van der Waals surface area contributed by atoms with E-state index >= 15 is 0 Å². The van der Waals surface area contributed by atoms with Crippen LogP contribution in [-0.2, 0) is 13.1 Å². The van der Waals surface area contributed by atoms with Crippen LogP contribution < -0.4 is 15.0 Å². The molecule has 4 nitrogen and oxygen atoms in total. The van der Waals surface area contributed by atoms with E-state index in [2.05, 4.69) is 41.3 Å². The molecule has 0 aliphatic carbocycles. The molecule has 21 heavy (non-hydrogen) atoms. The molecule has 0 fully saturated rings. The monoisotopic (exact) mass is 305 g/mol. The number of methoxy groups -OCH3 is 1. The maximum atomic E-state index is 5.18. The SMILES string of the molecule is CCCNCc1cnc(N(C)Cc2ccc(OC)cc2)s1. The van der Waals surface area contributed by atoms with Crippen LogP contribution in [0.25, 0.3) is 0 Å². The maximum Gasteiger partial charge on any atom is 0.185 e. The molecule has 0 aliphatic rings.